The van der Waals surface area contributed by atoms with Gasteiger partial charge in [0.25, 0.3) is 0 Å². The van der Waals surface area contributed by atoms with Gasteiger partial charge >= 0.3 is 0 Å². The number of allylic oxidation sites excluding steroid dienone is 4. The van der Waals surface area contributed by atoms with E-state index in [9.17, 15) is 0 Å². The van der Waals surface area contributed by atoms with Crippen molar-refractivity contribution in [3.63, 3.8) is 0 Å². The zero-order valence-corrected chi connectivity index (χ0v) is 18.9. The number of rotatable bonds is 2. The molecule has 0 aromatic heterocycles. The summed E-state index contributed by atoms with van der Waals surface area (Å²) in [7, 11) is -2.23. The molecule has 0 spiro atoms. The molecule has 0 fully saturated rings. The fraction of sp³-hybridized carbons (Fsp3) is 0.636. The van der Waals surface area contributed by atoms with Crippen molar-refractivity contribution in [3.05, 3.63) is 22.5 Å². The van der Waals surface area contributed by atoms with Crippen molar-refractivity contribution < 1.29 is 31.1 Å². The number of hydrogen-bond donors (Lipinski definition) is 0. The van der Waals surface area contributed by atoms with Gasteiger partial charge in [-0.05, 0) is 8.07 Å². The summed E-state index contributed by atoms with van der Waals surface area (Å²) in [6.07, 6.45) is 7.06. The van der Waals surface area contributed by atoms with E-state index in [4.69, 9.17) is 0 Å². The van der Waals surface area contributed by atoms with Crippen molar-refractivity contribution in [1.82, 2.24) is 0 Å². The van der Waals surface area contributed by atoms with Crippen LogP contribution in [0, 0.1) is 37.2 Å². The number of hydrogen-bond acceptors (Lipinski definition) is 0. The Balaban J connectivity index is -0.000000563. The van der Waals surface area contributed by atoms with Crippen LogP contribution in [0.2, 0.25) is 39.3 Å². The van der Waals surface area contributed by atoms with Crippen molar-refractivity contribution in [2.75, 3.05) is 0 Å². The molecular weight excluding hydrogens is 497 g/mol. The van der Waals surface area contributed by atoms with E-state index >= 15 is 0 Å². The molecule has 0 radical (unpaired) electrons. The molecule has 0 heterocycles. The van der Waals surface area contributed by atoms with Crippen LogP contribution in [0.5, 0.6) is 0 Å². The van der Waals surface area contributed by atoms with Gasteiger partial charge in [-0.2, -0.15) is 6.08 Å². The molecule has 1 aliphatic carbocycles. The Morgan fingerprint density at radius 3 is 1.62 bits per heavy atom. The minimum Gasteiger partial charge on any atom is -0.273 e. The first kappa shape index (κ1) is 22.7. The maximum atomic E-state index is 3.57. The summed E-state index contributed by atoms with van der Waals surface area (Å²) in [6, 6.07) is 0. The summed E-state index contributed by atoms with van der Waals surface area (Å²) < 4.78 is 0. The van der Waals surface area contributed by atoms with Gasteiger partial charge < -0.3 is 0 Å². The van der Waals surface area contributed by atoms with Gasteiger partial charge in [-0.3, -0.25) is 6.08 Å². The molecule has 0 atom stereocenters. The van der Waals surface area contributed by atoms with E-state index in [0.717, 1.165) is 6.42 Å². The van der Waals surface area contributed by atoms with E-state index in [-0.39, 0.29) is 55.9 Å². The van der Waals surface area contributed by atoms with E-state index < -0.39 is 16.1 Å². The fourth-order valence-electron chi connectivity index (χ4n) is 1.80. The van der Waals surface area contributed by atoms with Crippen molar-refractivity contribution in [2.45, 2.75) is 45.7 Å². The molecule has 0 saturated heterocycles. The molecule has 0 nitrogen and oxygen atoms in total. The van der Waals surface area contributed by atoms with E-state index in [1.165, 1.54) is 0 Å². The Morgan fingerprint density at radius 1 is 0.938 bits per heavy atom. The Bertz CT molecular complexity index is 245. The van der Waals surface area contributed by atoms with E-state index in [0.29, 0.717) is 0 Å². The molecule has 0 unspecified atom stereocenters. The first-order valence-electron chi connectivity index (χ1n) is 5.05. The van der Waals surface area contributed by atoms with Crippen LogP contribution in [-0.2, 0) is 0 Å². The molecule has 1 aliphatic rings. The summed E-state index contributed by atoms with van der Waals surface area (Å²) in [5.74, 6) is 0. The van der Waals surface area contributed by atoms with Crippen LogP contribution in [0.15, 0.2) is 16.5 Å². The Labute approximate surface area is 139 Å². The normalized spacial score (nSPS) is 15.1. The second-order valence-corrected chi connectivity index (χ2v) is 15.9. The van der Waals surface area contributed by atoms with Gasteiger partial charge in [0.2, 0.25) is 0 Å². The van der Waals surface area contributed by atoms with Crippen LogP contribution in [0.3, 0.4) is 0 Å². The Kier molecular flexibility index (Phi) is 11.2. The predicted octanol–water partition coefficient (Wildman–Crippen LogP) is 4.64. The maximum absolute atomic E-state index is 3.57. The van der Waals surface area contributed by atoms with Gasteiger partial charge in [0, 0.05) is 39.2 Å². The van der Waals surface area contributed by atoms with Gasteiger partial charge in [-0.1, -0.05) is 39.3 Å². The van der Waals surface area contributed by atoms with E-state index in [1.807, 2.05) is 0 Å². The molecule has 0 aromatic rings. The summed E-state index contributed by atoms with van der Waals surface area (Å²) >= 11 is 0. The van der Waals surface area contributed by atoms with E-state index in [1.54, 1.807) is 10.4 Å². The molecule has 94 valence electrons. The monoisotopic (exact) mass is 519 g/mol. The molecule has 0 aliphatic heterocycles. The average molecular weight is 520 g/mol. The first-order valence-corrected chi connectivity index (χ1v) is 12.1. The second-order valence-electron chi connectivity index (χ2n) is 5.87. The van der Waals surface area contributed by atoms with Gasteiger partial charge in [0.1, 0.15) is 0 Å². The van der Waals surface area contributed by atoms with Crippen molar-refractivity contribution in [3.8, 4) is 0 Å². The molecule has 16 heavy (non-hydrogen) atoms. The van der Waals surface area contributed by atoms with Crippen LogP contribution in [0.4, 0.5) is 0 Å². The predicted molar refractivity (Wildman–Crippen MR) is 80.6 cm³/mol. The zero-order chi connectivity index (χ0) is 10.3. The molecule has 0 N–H and O–H groups in total. The summed E-state index contributed by atoms with van der Waals surface area (Å²) in [5, 5.41) is 3.30. The van der Waals surface area contributed by atoms with E-state index in [2.05, 4.69) is 51.4 Å². The quantitative estimate of drug-likeness (QED) is 0.368. The van der Waals surface area contributed by atoms with Crippen molar-refractivity contribution in [1.29, 1.82) is 0 Å². The third-order valence-corrected chi connectivity index (χ3v) is 6.68. The molecule has 5 heteroatoms. The van der Waals surface area contributed by atoms with Crippen molar-refractivity contribution >= 4 is 41.0 Å². The number of halogens is 2. The first-order chi connectivity index (χ1) is 5.73. The third kappa shape index (κ3) is 5.93. The van der Waals surface area contributed by atoms with Gasteiger partial charge in [0.15, 0.2) is 0 Å². The standard InChI is InChI=1S/C11H21Si2.2ClH.U/c1-12(2,3)10-8-7-9-11(10)13(4,5)6;;;/h8H,7H2,1-6H3;2*1H;/q-1;;;. The third-order valence-electron chi connectivity index (χ3n) is 2.41. The molecule has 0 bridgehead atoms. The van der Waals surface area contributed by atoms with Crippen LogP contribution >= 0.6 is 24.8 Å². The maximum Gasteiger partial charge on any atom is 0.0394 e. The minimum absolute atomic E-state index is 0. The van der Waals surface area contributed by atoms with Gasteiger partial charge in [-0.25, -0.2) is 10.4 Å². The summed E-state index contributed by atoms with van der Waals surface area (Å²) in [4.78, 5) is 0. The summed E-state index contributed by atoms with van der Waals surface area (Å²) in [5.41, 5.74) is 0. The van der Waals surface area contributed by atoms with Crippen LogP contribution in [0.1, 0.15) is 6.42 Å². The smallest absolute Gasteiger partial charge is 0.0394 e. The van der Waals surface area contributed by atoms with Crippen LogP contribution < -0.4 is 0 Å². The molecule has 0 saturated carbocycles. The van der Waals surface area contributed by atoms with Crippen molar-refractivity contribution in [2.24, 2.45) is 0 Å². The minimum atomic E-state index is -1.13. The summed E-state index contributed by atoms with van der Waals surface area (Å²) in [6.45, 7) is 14.6. The molecule has 1 rings (SSSR count). The molecule has 0 amide bonds. The molecular formula is C11H23Cl2Si2U-. The fourth-order valence-corrected chi connectivity index (χ4v) is 7.15. The zero-order valence-electron chi connectivity index (χ0n) is 11.1. The largest absolute Gasteiger partial charge is 0.273 e. The van der Waals surface area contributed by atoms with Crippen LogP contribution in [-0.4, -0.2) is 16.1 Å². The average Bonchev–Trinajstić information content (AvgIpc) is 2.27. The topological polar surface area (TPSA) is 0 Å². The SMILES string of the molecule is C[Si](C)(C)C1=[C-]CC=C1[Si](C)(C)C.Cl.Cl.[U]. The molecule has 0 aromatic carbocycles. The Hall–Kier alpha value is 1.55. The Morgan fingerprint density at radius 2 is 1.38 bits per heavy atom. The van der Waals surface area contributed by atoms with Crippen LogP contribution in [0.25, 0.3) is 0 Å². The van der Waals surface area contributed by atoms with Gasteiger partial charge in [0.05, 0.1) is 0 Å². The second kappa shape index (κ2) is 7.87. The van der Waals surface area contributed by atoms with Gasteiger partial charge in [-0.15, -0.1) is 31.2 Å².